The van der Waals surface area contributed by atoms with Crippen LogP contribution in [0, 0.1) is 20.2 Å². The lowest BCUT2D eigenvalue weighted by Gasteiger charge is -2.10. The number of carbonyl (C=O) groups excluding carboxylic acids is 2. The zero-order valence-electron chi connectivity index (χ0n) is 16.6. The van der Waals surface area contributed by atoms with Crippen molar-refractivity contribution in [1.82, 2.24) is 0 Å². The number of unbranched alkanes of at least 4 members (excludes halogenated alkanes) is 1. The van der Waals surface area contributed by atoms with Gasteiger partial charge in [0.15, 0.2) is 0 Å². The minimum absolute atomic E-state index is 0.0428. The number of primary amides is 1. The molecular weight excluding hydrogens is 410 g/mol. The second-order valence-corrected chi connectivity index (χ2v) is 6.39. The first-order valence-electron chi connectivity index (χ1n) is 9.17. The molecule has 31 heavy (non-hydrogen) atoms. The number of nitrogens with two attached hydrogens (primary N) is 1. The second-order valence-electron chi connectivity index (χ2n) is 6.39. The van der Waals surface area contributed by atoms with Crippen LogP contribution in [0.2, 0.25) is 0 Å². The first-order chi connectivity index (χ1) is 14.7. The van der Waals surface area contributed by atoms with Crippen LogP contribution in [-0.4, -0.2) is 41.9 Å². The van der Waals surface area contributed by atoms with Gasteiger partial charge in [-0.15, -0.1) is 0 Å². The van der Waals surface area contributed by atoms with Crippen molar-refractivity contribution in [2.24, 2.45) is 5.73 Å². The van der Waals surface area contributed by atoms with Crippen molar-refractivity contribution in [3.8, 4) is 0 Å². The molecule has 4 N–H and O–H groups in total. The number of methoxy groups -OCH3 is 1. The summed E-state index contributed by atoms with van der Waals surface area (Å²) in [5, 5.41) is 28.3. The van der Waals surface area contributed by atoms with Gasteiger partial charge in [0.2, 0.25) is 5.91 Å². The minimum Gasteiger partial charge on any atom is -0.465 e. The zero-order chi connectivity index (χ0) is 23.0. The number of ether oxygens (including phenoxy) is 1. The first kappa shape index (κ1) is 23.1. The number of benzene rings is 2. The summed E-state index contributed by atoms with van der Waals surface area (Å²) in [5.74, 6) is -1.42. The van der Waals surface area contributed by atoms with Gasteiger partial charge < -0.3 is 21.1 Å². The van der Waals surface area contributed by atoms with E-state index in [1.807, 2.05) is 0 Å². The molecule has 0 aliphatic rings. The summed E-state index contributed by atoms with van der Waals surface area (Å²) >= 11 is 0. The highest BCUT2D eigenvalue weighted by atomic mass is 16.6. The largest absolute Gasteiger partial charge is 0.465 e. The Morgan fingerprint density at radius 1 is 0.903 bits per heavy atom. The van der Waals surface area contributed by atoms with Crippen LogP contribution < -0.4 is 16.4 Å². The van der Waals surface area contributed by atoms with Gasteiger partial charge in [0.05, 0.1) is 22.5 Å². The van der Waals surface area contributed by atoms with Gasteiger partial charge >= 0.3 is 5.97 Å². The molecular formula is C19H21N5O7. The number of nitrogens with one attached hydrogen (secondary N) is 2. The van der Waals surface area contributed by atoms with Crippen LogP contribution in [-0.2, 0) is 4.74 Å². The van der Waals surface area contributed by atoms with E-state index < -0.39 is 21.7 Å². The molecule has 0 fully saturated rings. The van der Waals surface area contributed by atoms with Gasteiger partial charge in [-0.25, -0.2) is 4.79 Å². The normalized spacial score (nSPS) is 10.2. The van der Waals surface area contributed by atoms with Crippen molar-refractivity contribution in [3.63, 3.8) is 0 Å². The van der Waals surface area contributed by atoms with Crippen LogP contribution in [0.3, 0.4) is 0 Å². The number of nitrogens with zero attached hydrogens (tertiary/aromatic N) is 2. The summed E-state index contributed by atoms with van der Waals surface area (Å²) in [6.45, 7) is 0.810. The fourth-order valence-corrected chi connectivity index (χ4v) is 2.76. The van der Waals surface area contributed by atoms with Gasteiger partial charge in [-0.1, -0.05) is 0 Å². The molecule has 12 nitrogen and oxygen atoms in total. The van der Waals surface area contributed by atoms with Crippen LogP contribution in [0.5, 0.6) is 0 Å². The summed E-state index contributed by atoms with van der Waals surface area (Å²) in [6.07, 6.45) is 1.21. The second kappa shape index (κ2) is 10.5. The van der Waals surface area contributed by atoms with E-state index in [1.54, 1.807) is 0 Å². The maximum absolute atomic E-state index is 11.5. The van der Waals surface area contributed by atoms with Gasteiger partial charge in [0.1, 0.15) is 11.4 Å². The number of carbonyl (C=O) groups is 2. The van der Waals surface area contributed by atoms with Crippen molar-refractivity contribution in [2.75, 3.05) is 30.8 Å². The van der Waals surface area contributed by atoms with Gasteiger partial charge in [-0.05, 0) is 37.1 Å². The molecule has 0 unspecified atom stereocenters. The molecule has 0 spiro atoms. The van der Waals surface area contributed by atoms with Gasteiger partial charge in [0, 0.05) is 30.8 Å². The van der Waals surface area contributed by atoms with Crippen molar-refractivity contribution < 1.29 is 24.2 Å². The molecule has 0 heterocycles. The lowest BCUT2D eigenvalue weighted by atomic mass is 10.1. The van der Waals surface area contributed by atoms with Gasteiger partial charge in [-0.3, -0.25) is 25.0 Å². The van der Waals surface area contributed by atoms with Gasteiger partial charge in [-0.2, -0.15) is 0 Å². The molecule has 0 radical (unpaired) electrons. The molecule has 0 saturated heterocycles. The van der Waals surface area contributed by atoms with Crippen LogP contribution in [0.4, 0.5) is 22.7 Å². The summed E-state index contributed by atoms with van der Waals surface area (Å²) in [6, 6.07) is 7.94. The Labute approximate surface area is 176 Å². The highest BCUT2D eigenvalue weighted by molar-refractivity contribution is 5.94. The molecule has 12 heteroatoms. The number of nitro groups is 2. The van der Waals surface area contributed by atoms with E-state index >= 15 is 0 Å². The molecule has 1 amide bonds. The molecule has 0 aliphatic heterocycles. The van der Waals surface area contributed by atoms with E-state index in [0.717, 1.165) is 12.1 Å². The van der Waals surface area contributed by atoms with Crippen LogP contribution >= 0.6 is 0 Å². The van der Waals surface area contributed by atoms with E-state index in [2.05, 4.69) is 15.4 Å². The highest BCUT2D eigenvalue weighted by Gasteiger charge is 2.18. The number of hydrogen-bond acceptors (Lipinski definition) is 9. The summed E-state index contributed by atoms with van der Waals surface area (Å²) in [5.41, 5.74) is 5.29. The topological polar surface area (TPSA) is 180 Å². The molecule has 2 aromatic carbocycles. The van der Waals surface area contributed by atoms with Crippen LogP contribution in [0.25, 0.3) is 0 Å². The summed E-state index contributed by atoms with van der Waals surface area (Å²) in [4.78, 5) is 43.9. The average Bonchev–Trinajstić information content (AvgIpc) is 2.75. The predicted octanol–water partition coefficient (Wildman–Crippen LogP) is 2.69. The number of rotatable bonds is 11. The fraction of sp³-hybridized carbons (Fsp3) is 0.263. The molecule has 2 rings (SSSR count). The first-order valence-corrected chi connectivity index (χ1v) is 9.17. The lowest BCUT2D eigenvalue weighted by Crippen LogP contribution is -2.12. The van der Waals surface area contributed by atoms with Crippen LogP contribution in [0.1, 0.15) is 33.6 Å². The SMILES string of the molecule is COC(=O)c1ccc(NCCCCNc2ccc(C(N)=O)cc2[N+](=O)[O-])c([N+](=O)[O-])c1. The number of amides is 1. The highest BCUT2D eigenvalue weighted by Crippen LogP contribution is 2.27. The Hall–Kier alpha value is -4.22. The zero-order valence-corrected chi connectivity index (χ0v) is 16.6. The molecule has 0 aromatic heterocycles. The monoisotopic (exact) mass is 431 g/mol. The van der Waals surface area contributed by atoms with Crippen molar-refractivity contribution in [1.29, 1.82) is 0 Å². The molecule has 2 aromatic rings. The Balaban J connectivity index is 1.89. The van der Waals surface area contributed by atoms with E-state index in [4.69, 9.17) is 5.73 Å². The Morgan fingerprint density at radius 3 is 1.77 bits per heavy atom. The minimum atomic E-state index is -0.755. The maximum Gasteiger partial charge on any atom is 0.338 e. The fourth-order valence-electron chi connectivity index (χ4n) is 2.76. The Kier molecular flexibility index (Phi) is 7.83. The molecule has 164 valence electrons. The number of esters is 1. The third-order valence-corrected chi connectivity index (χ3v) is 4.33. The number of anilines is 2. The third kappa shape index (κ3) is 6.13. The van der Waals surface area contributed by atoms with Gasteiger partial charge in [0.25, 0.3) is 11.4 Å². The van der Waals surface area contributed by atoms with Crippen molar-refractivity contribution >= 4 is 34.6 Å². The standard InChI is InChI=1S/C19H21N5O7/c1-31-19(26)13-5-7-15(17(11-13)24(29)30)22-9-3-2-8-21-14-6-4-12(18(20)25)10-16(14)23(27)28/h4-7,10-11,21-22H,2-3,8-9H2,1H3,(H2,20,25). The Bertz CT molecular complexity index is 1010. The van der Waals surface area contributed by atoms with E-state index in [9.17, 15) is 29.8 Å². The molecule has 0 bridgehead atoms. The quantitative estimate of drug-likeness (QED) is 0.208. The van der Waals surface area contributed by atoms with Crippen LogP contribution in [0.15, 0.2) is 36.4 Å². The maximum atomic E-state index is 11.5. The summed E-state index contributed by atoms with van der Waals surface area (Å²) in [7, 11) is 1.19. The lowest BCUT2D eigenvalue weighted by molar-refractivity contribution is -0.384. The van der Waals surface area contributed by atoms with Crippen molar-refractivity contribution in [2.45, 2.75) is 12.8 Å². The third-order valence-electron chi connectivity index (χ3n) is 4.33. The van der Waals surface area contributed by atoms with E-state index in [1.165, 1.54) is 31.4 Å². The summed E-state index contributed by atoms with van der Waals surface area (Å²) < 4.78 is 4.56. The molecule has 0 aliphatic carbocycles. The Morgan fingerprint density at radius 2 is 1.35 bits per heavy atom. The number of hydrogen-bond donors (Lipinski definition) is 3. The predicted molar refractivity (Wildman–Crippen MR) is 112 cm³/mol. The van der Waals surface area contributed by atoms with E-state index in [-0.39, 0.29) is 33.9 Å². The molecule has 0 saturated carbocycles. The smallest absolute Gasteiger partial charge is 0.338 e. The van der Waals surface area contributed by atoms with E-state index in [0.29, 0.717) is 25.9 Å². The van der Waals surface area contributed by atoms with Crippen molar-refractivity contribution in [3.05, 3.63) is 67.8 Å². The average molecular weight is 431 g/mol. The molecule has 0 atom stereocenters. The number of nitro benzene ring substituents is 2.